The fourth-order valence-corrected chi connectivity index (χ4v) is 2.36. The van der Waals surface area contributed by atoms with E-state index in [2.05, 4.69) is 19.2 Å². The number of hydrogen-bond acceptors (Lipinski definition) is 1. The lowest BCUT2D eigenvalue weighted by atomic mass is 9.93. The zero-order chi connectivity index (χ0) is 12.3. The highest BCUT2D eigenvalue weighted by Gasteiger charge is 2.42. The highest BCUT2D eigenvalue weighted by molar-refractivity contribution is 5.28. The summed E-state index contributed by atoms with van der Waals surface area (Å²) in [5.41, 5.74) is 2.81. The average Bonchev–Trinajstić information content (AvgIpc) is 3.04. The maximum absolute atomic E-state index is 13.2. The molecule has 0 heterocycles. The summed E-state index contributed by atoms with van der Waals surface area (Å²) in [6.07, 6.45) is 4.75. The molecule has 0 aliphatic heterocycles. The molecule has 1 aromatic rings. The Morgan fingerprint density at radius 2 is 2.12 bits per heavy atom. The molecule has 1 aromatic carbocycles. The summed E-state index contributed by atoms with van der Waals surface area (Å²) in [5, 5.41) is 3.50. The van der Waals surface area contributed by atoms with Crippen molar-refractivity contribution in [2.24, 2.45) is 5.41 Å². The first-order chi connectivity index (χ1) is 8.15. The van der Waals surface area contributed by atoms with Gasteiger partial charge in [0.1, 0.15) is 5.82 Å². The molecule has 1 aliphatic carbocycles. The average molecular weight is 235 g/mol. The van der Waals surface area contributed by atoms with E-state index in [1.54, 1.807) is 12.1 Å². The molecule has 0 spiro atoms. The Balaban J connectivity index is 1.97. The van der Waals surface area contributed by atoms with E-state index in [4.69, 9.17) is 0 Å². The van der Waals surface area contributed by atoms with Crippen LogP contribution < -0.4 is 5.32 Å². The van der Waals surface area contributed by atoms with Crippen LogP contribution in [0, 0.1) is 18.2 Å². The molecule has 1 nitrogen and oxygen atoms in total. The first-order valence-electron chi connectivity index (χ1n) is 6.61. The molecule has 0 atom stereocenters. The minimum Gasteiger partial charge on any atom is -0.316 e. The molecule has 0 bridgehead atoms. The van der Waals surface area contributed by atoms with Gasteiger partial charge in [-0.25, -0.2) is 4.39 Å². The van der Waals surface area contributed by atoms with Crippen LogP contribution in [-0.4, -0.2) is 13.1 Å². The molecule has 0 unspecified atom stereocenters. The van der Waals surface area contributed by atoms with E-state index in [0.29, 0.717) is 5.41 Å². The van der Waals surface area contributed by atoms with Crippen LogP contribution in [0.5, 0.6) is 0 Å². The van der Waals surface area contributed by atoms with Crippen LogP contribution >= 0.6 is 0 Å². The molecular formula is C15H22FN. The third kappa shape index (κ3) is 3.29. The van der Waals surface area contributed by atoms with Crippen LogP contribution in [0.3, 0.4) is 0 Å². The van der Waals surface area contributed by atoms with Crippen LogP contribution in [0.4, 0.5) is 4.39 Å². The molecule has 17 heavy (non-hydrogen) atoms. The summed E-state index contributed by atoms with van der Waals surface area (Å²) in [6.45, 7) is 6.42. The SMILES string of the molecule is CCCNCC1(Cc2cc(F)ccc2C)CC1. The summed E-state index contributed by atoms with van der Waals surface area (Å²) in [7, 11) is 0. The fraction of sp³-hybridized carbons (Fsp3) is 0.600. The topological polar surface area (TPSA) is 12.0 Å². The van der Waals surface area contributed by atoms with Gasteiger partial charge in [-0.05, 0) is 67.8 Å². The van der Waals surface area contributed by atoms with Crippen molar-refractivity contribution >= 4 is 0 Å². The predicted octanol–water partition coefficient (Wildman–Crippen LogP) is 3.46. The molecule has 94 valence electrons. The Bertz CT molecular complexity index is 383. The van der Waals surface area contributed by atoms with Crippen LogP contribution in [-0.2, 0) is 6.42 Å². The molecule has 0 amide bonds. The van der Waals surface area contributed by atoms with Crippen LogP contribution in [0.25, 0.3) is 0 Å². The van der Waals surface area contributed by atoms with Crippen molar-refractivity contribution in [3.05, 3.63) is 35.1 Å². The van der Waals surface area contributed by atoms with Gasteiger partial charge in [-0.1, -0.05) is 13.0 Å². The van der Waals surface area contributed by atoms with E-state index < -0.39 is 0 Å². The number of nitrogens with one attached hydrogen (secondary N) is 1. The zero-order valence-corrected chi connectivity index (χ0v) is 10.9. The van der Waals surface area contributed by atoms with Crippen molar-refractivity contribution < 1.29 is 4.39 Å². The van der Waals surface area contributed by atoms with E-state index in [-0.39, 0.29) is 5.82 Å². The minimum absolute atomic E-state index is 0.108. The summed E-state index contributed by atoms with van der Waals surface area (Å²) >= 11 is 0. The molecular weight excluding hydrogens is 213 g/mol. The zero-order valence-electron chi connectivity index (χ0n) is 10.9. The van der Waals surface area contributed by atoms with Crippen molar-refractivity contribution in [1.29, 1.82) is 0 Å². The van der Waals surface area contributed by atoms with Gasteiger partial charge in [-0.2, -0.15) is 0 Å². The van der Waals surface area contributed by atoms with E-state index in [0.717, 1.165) is 19.5 Å². The van der Waals surface area contributed by atoms with Gasteiger partial charge in [-0.3, -0.25) is 0 Å². The highest BCUT2D eigenvalue weighted by atomic mass is 19.1. The van der Waals surface area contributed by atoms with Crippen molar-refractivity contribution in [2.45, 2.75) is 39.5 Å². The molecule has 1 aliphatic rings. The van der Waals surface area contributed by atoms with Crippen LogP contribution in [0.15, 0.2) is 18.2 Å². The number of hydrogen-bond donors (Lipinski definition) is 1. The van der Waals surface area contributed by atoms with E-state index in [9.17, 15) is 4.39 Å². The van der Waals surface area contributed by atoms with Gasteiger partial charge < -0.3 is 5.32 Å². The molecule has 1 saturated carbocycles. The Morgan fingerprint density at radius 1 is 1.35 bits per heavy atom. The number of rotatable bonds is 6. The smallest absolute Gasteiger partial charge is 0.123 e. The van der Waals surface area contributed by atoms with Gasteiger partial charge in [0.25, 0.3) is 0 Å². The maximum atomic E-state index is 13.2. The number of aryl methyl sites for hydroxylation is 1. The Labute approximate surface area is 103 Å². The van der Waals surface area contributed by atoms with Crippen molar-refractivity contribution in [3.63, 3.8) is 0 Å². The van der Waals surface area contributed by atoms with E-state index >= 15 is 0 Å². The third-order valence-corrected chi connectivity index (χ3v) is 3.76. The molecule has 0 radical (unpaired) electrons. The van der Waals surface area contributed by atoms with Gasteiger partial charge >= 0.3 is 0 Å². The van der Waals surface area contributed by atoms with Gasteiger partial charge in [0.05, 0.1) is 0 Å². The molecule has 0 aromatic heterocycles. The number of benzene rings is 1. The van der Waals surface area contributed by atoms with Gasteiger partial charge in [0.2, 0.25) is 0 Å². The lowest BCUT2D eigenvalue weighted by Crippen LogP contribution is -2.26. The van der Waals surface area contributed by atoms with Gasteiger partial charge in [-0.15, -0.1) is 0 Å². The minimum atomic E-state index is -0.108. The van der Waals surface area contributed by atoms with Gasteiger partial charge in [0.15, 0.2) is 0 Å². The summed E-state index contributed by atoms with van der Waals surface area (Å²) < 4.78 is 13.2. The lowest BCUT2D eigenvalue weighted by Gasteiger charge is -2.17. The second kappa shape index (κ2) is 5.18. The molecule has 2 rings (SSSR count). The maximum Gasteiger partial charge on any atom is 0.123 e. The highest BCUT2D eigenvalue weighted by Crippen LogP contribution is 2.48. The second-order valence-electron chi connectivity index (χ2n) is 5.42. The van der Waals surface area contributed by atoms with Crippen LogP contribution in [0.1, 0.15) is 37.3 Å². The number of halogens is 1. The predicted molar refractivity (Wildman–Crippen MR) is 69.7 cm³/mol. The molecule has 1 N–H and O–H groups in total. The van der Waals surface area contributed by atoms with Crippen molar-refractivity contribution in [2.75, 3.05) is 13.1 Å². The monoisotopic (exact) mass is 235 g/mol. The standard InChI is InChI=1S/C15H22FN/c1-3-8-17-11-15(6-7-15)10-13-9-14(16)5-4-12(13)2/h4-5,9,17H,3,6-8,10-11H2,1-2H3. The third-order valence-electron chi connectivity index (χ3n) is 3.76. The first kappa shape index (κ1) is 12.6. The fourth-order valence-electron chi connectivity index (χ4n) is 2.36. The molecule has 1 fully saturated rings. The van der Waals surface area contributed by atoms with Gasteiger partial charge in [0, 0.05) is 6.54 Å². The summed E-state index contributed by atoms with van der Waals surface area (Å²) in [4.78, 5) is 0. The summed E-state index contributed by atoms with van der Waals surface area (Å²) in [5.74, 6) is -0.108. The van der Waals surface area contributed by atoms with Crippen LogP contribution in [0.2, 0.25) is 0 Å². The van der Waals surface area contributed by atoms with Crippen molar-refractivity contribution in [3.8, 4) is 0 Å². The van der Waals surface area contributed by atoms with E-state index in [1.165, 1.54) is 30.4 Å². The van der Waals surface area contributed by atoms with E-state index in [1.807, 2.05) is 6.07 Å². The molecule has 0 saturated heterocycles. The summed E-state index contributed by atoms with van der Waals surface area (Å²) in [6, 6.07) is 5.14. The largest absolute Gasteiger partial charge is 0.316 e. The van der Waals surface area contributed by atoms with Crippen molar-refractivity contribution in [1.82, 2.24) is 5.32 Å². The first-order valence-corrected chi connectivity index (χ1v) is 6.61. The Hall–Kier alpha value is -0.890. The lowest BCUT2D eigenvalue weighted by molar-refractivity contribution is 0.454. The Morgan fingerprint density at radius 3 is 2.76 bits per heavy atom. The quantitative estimate of drug-likeness (QED) is 0.745. The Kier molecular flexibility index (Phi) is 3.82. The second-order valence-corrected chi connectivity index (χ2v) is 5.42. The molecule has 2 heteroatoms. The normalized spacial score (nSPS) is 17.1.